The predicted molar refractivity (Wildman–Crippen MR) is 58.8 cm³/mol. The van der Waals surface area contributed by atoms with Crippen molar-refractivity contribution in [1.29, 1.82) is 0 Å². The van der Waals surface area contributed by atoms with E-state index in [2.05, 4.69) is 5.32 Å². The van der Waals surface area contributed by atoms with Crippen LogP contribution in [0.4, 0.5) is 26.3 Å². The van der Waals surface area contributed by atoms with Crippen molar-refractivity contribution >= 4 is 23.2 Å². The highest BCUT2D eigenvalue weighted by atomic mass is 35.5. The van der Waals surface area contributed by atoms with E-state index in [4.69, 9.17) is 23.2 Å². The third-order valence-electron chi connectivity index (χ3n) is 2.11. The van der Waals surface area contributed by atoms with E-state index in [1.165, 1.54) is 0 Å². The molecule has 0 aliphatic heterocycles. The van der Waals surface area contributed by atoms with E-state index < -0.39 is 28.4 Å². The van der Waals surface area contributed by atoms with Crippen LogP contribution in [0.2, 0.25) is 0 Å². The molecule has 1 nitrogen and oxygen atoms in total. The highest BCUT2D eigenvalue weighted by molar-refractivity contribution is 6.43. The standard InChI is InChI=1S/C10H7Cl2F6N/c11-8(12)19-4-5-1-6(9(13,14)15)3-7(2-5)10(16,17)18/h1-3,8,19H,4H2. The summed E-state index contributed by atoms with van der Waals surface area (Å²) in [4.78, 5) is -1.09. The zero-order valence-corrected chi connectivity index (χ0v) is 10.6. The lowest BCUT2D eigenvalue weighted by Gasteiger charge is -2.14. The molecule has 0 unspecified atom stereocenters. The predicted octanol–water partition coefficient (Wildman–Crippen LogP) is 4.58. The SMILES string of the molecule is FC(F)(F)c1cc(CNC(Cl)Cl)cc(C(F)(F)F)c1. The minimum Gasteiger partial charge on any atom is -0.285 e. The molecule has 1 aromatic carbocycles. The Morgan fingerprint density at radius 1 is 0.895 bits per heavy atom. The van der Waals surface area contributed by atoms with Crippen LogP contribution < -0.4 is 5.32 Å². The summed E-state index contributed by atoms with van der Waals surface area (Å²) < 4.78 is 75.0. The maximum Gasteiger partial charge on any atom is 0.416 e. The molecule has 0 aromatic heterocycles. The molecule has 1 aromatic rings. The van der Waals surface area contributed by atoms with Crippen molar-refractivity contribution in [3.63, 3.8) is 0 Å². The van der Waals surface area contributed by atoms with Gasteiger partial charge < -0.3 is 0 Å². The third kappa shape index (κ3) is 5.08. The molecule has 0 saturated carbocycles. The van der Waals surface area contributed by atoms with Gasteiger partial charge >= 0.3 is 12.4 Å². The molecule has 0 bridgehead atoms. The second kappa shape index (κ2) is 5.76. The Kier molecular flexibility index (Phi) is 4.97. The van der Waals surface area contributed by atoms with Crippen LogP contribution in [0.3, 0.4) is 0 Å². The molecule has 19 heavy (non-hydrogen) atoms. The molecular formula is C10H7Cl2F6N. The summed E-state index contributed by atoms with van der Waals surface area (Å²) in [5.74, 6) is 0. The van der Waals surface area contributed by atoms with E-state index in [9.17, 15) is 26.3 Å². The van der Waals surface area contributed by atoms with Gasteiger partial charge in [-0.05, 0) is 23.8 Å². The van der Waals surface area contributed by atoms with E-state index in [0.29, 0.717) is 12.1 Å². The Morgan fingerprint density at radius 2 is 1.32 bits per heavy atom. The van der Waals surface area contributed by atoms with Crippen LogP contribution in [-0.2, 0) is 18.9 Å². The molecule has 0 heterocycles. The fourth-order valence-corrected chi connectivity index (χ4v) is 1.47. The van der Waals surface area contributed by atoms with Gasteiger partial charge in [-0.15, -0.1) is 0 Å². The smallest absolute Gasteiger partial charge is 0.285 e. The van der Waals surface area contributed by atoms with Crippen molar-refractivity contribution in [2.24, 2.45) is 0 Å². The van der Waals surface area contributed by atoms with Crippen LogP contribution in [-0.4, -0.2) is 4.96 Å². The average Bonchev–Trinajstić information content (AvgIpc) is 2.23. The summed E-state index contributed by atoms with van der Waals surface area (Å²) in [6.07, 6.45) is -9.73. The largest absolute Gasteiger partial charge is 0.416 e. The molecule has 9 heteroatoms. The van der Waals surface area contributed by atoms with E-state index in [0.717, 1.165) is 0 Å². The summed E-state index contributed by atoms with van der Waals surface area (Å²) in [5, 5.41) is 2.32. The fourth-order valence-electron chi connectivity index (χ4n) is 1.32. The summed E-state index contributed by atoms with van der Waals surface area (Å²) in [6.45, 7) is -0.315. The number of hydrogen-bond donors (Lipinski definition) is 1. The van der Waals surface area contributed by atoms with Crippen molar-refractivity contribution in [2.45, 2.75) is 23.9 Å². The van der Waals surface area contributed by atoms with Crippen molar-refractivity contribution < 1.29 is 26.3 Å². The topological polar surface area (TPSA) is 12.0 Å². The zero-order chi connectivity index (χ0) is 14.8. The monoisotopic (exact) mass is 325 g/mol. The Bertz CT molecular complexity index is 408. The molecule has 0 atom stereocenters. The lowest BCUT2D eigenvalue weighted by Crippen LogP contribution is -2.19. The first-order valence-corrected chi connectivity index (χ1v) is 5.67. The highest BCUT2D eigenvalue weighted by Gasteiger charge is 2.36. The van der Waals surface area contributed by atoms with Crippen molar-refractivity contribution in [3.8, 4) is 0 Å². The first kappa shape index (κ1) is 16.4. The molecule has 108 valence electrons. The normalized spacial score (nSPS) is 13.1. The molecule has 0 radical (unpaired) electrons. The number of nitrogens with one attached hydrogen (secondary N) is 1. The molecule has 0 aliphatic rings. The Morgan fingerprint density at radius 3 is 1.63 bits per heavy atom. The summed E-state index contributed by atoms with van der Waals surface area (Å²) in [5.41, 5.74) is -2.96. The second-order valence-corrected chi connectivity index (χ2v) is 4.69. The van der Waals surface area contributed by atoms with Crippen LogP contribution in [0, 0.1) is 0 Å². The molecule has 0 aliphatic carbocycles. The van der Waals surface area contributed by atoms with Crippen molar-refractivity contribution in [1.82, 2.24) is 5.32 Å². The number of halogens is 8. The Balaban J connectivity index is 3.17. The van der Waals surface area contributed by atoms with E-state index >= 15 is 0 Å². The maximum atomic E-state index is 12.5. The van der Waals surface area contributed by atoms with Crippen molar-refractivity contribution in [2.75, 3.05) is 0 Å². The molecule has 0 amide bonds. The number of benzene rings is 1. The second-order valence-electron chi connectivity index (χ2n) is 3.60. The Hall–Kier alpha value is -0.660. The molecule has 0 fully saturated rings. The van der Waals surface area contributed by atoms with Crippen LogP contribution in [0.1, 0.15) is 16.7 Å². The lowest BCUT2D eigenvalue weighted by molar-refractivity contribution is -0.143. The first-order valence-electron chi connectivity index (χ1n) is 4.80. The van der Waals surface area contributed by atoms with Crippen LogP contribution in [0.25, 0.3) is 0 Å². The van der Waals surface area contributed by atoms with Gasteiger partial charge in [0.25, 0.3) is 0 Å². The van der Waals surface area contributed by atoms with Gasteiger partial charge in [0.15, 0.2) is 4.96 Å². The molecular weight excluding hydrogens is 319 g/mol. The summed E-state index contributed by atoms with van der Waals surface area (Å²) in [6, 6.07) is 1.28. The Labute approximate surface area is 114 Å². The molecule has 1 N–H and O–H groups in total. The highest BCUT2D eigenvalue weighted by Crippen LogP contribution is 2.36. The van der Waals surface area contributed by atoms with Gasteiger partial charge in [-0.1, -0.05) is 23.2 Å². The van der Waals surface area contributed by atoms with Gasteiger partial charge in [-0.2, -0.15) is 26.3 Å². The third-order valence-corrected chi connectivity index (χ3v) is 2.42. The van der Waals surface area contributed by atoms with Crippen LogP contribution >= 0.6 is 23.2 Å². The number of rotatable bonds is 3. The summed E-state index contributed by atoms with van der Waals surface area (Å²) in [7, 11) is 0. The lowest BCUT2D eigenvalue weighted by atomic mass is 10.0. The van der Waals surface area contributed by atoms with Gasteiger partial charge in [-0.25, -0.2) is 0 Å². The van der Waals surface area contributed by atoms with Gasteiger partial charge in [0.2, 0.25) is 0 Å². The van der Waals surface area contributed by atoms with Gasteiger partial charge in [-0.3, -0.25) is 5.32 Å². The van der Waals surface area contributed by atoms with E-state index in [1.807, 2.05) is 0 Å². The van der Waals surface area contributed by atoms with Gasteiger partial charge in [0.1, 0.15) is 0 Å². The van der Waals surface area contributed by atoms with Crippen LogP contribution in [0.15, 0.2) is 18.2 Å². The fraction of sp³-hybridized carbons (Fsp3) is 0.400. The maximum absolute atomic E-state index is 12.5. The van der Waals surface area contributed by atoms with Gasteiger partial charge in [0.05, 0.1) is 11.1 Å². The number of hydrogen-bond acceptors (Lipinski definition) is 1. The summed E-state index contributed by atoms with van der Waals surface area (Å²) >= 11 is 10.6. The molecule has 0 saturated heterocycles. The minimum absolute atomic E-state index is 0.0579. The molecule has 1 rings (SSSR count). The average molecular weight is 326 g/mol. The van der Waals surface area contributed by atoms with Crippen molar-refractivity contribution in [3.05, 3.63) is 34.9 Å². The van der Waals surface area contributed by atoms with Crippen LogP contribution in [0.5, 0.6) is 0 Å². The zero-order valence-electron chi connectivity index (χ0n) is 9.04. The first-order chi connectivity index (χ1) is 8.50. The van der Waals surface area contributed by atoms with E-state index in [1.54, 1.807) is 0 Å². The number of alkyl halides is 8. The van der Waals surface area contributed by atoms with E-state index in [-0.39, 0.29) is 18.2 Å². The molecule has 0 spiro atoms. The van der Waals surface area contributed by atoms with Gasteiger partial charge in [0, 0.05) is 6.54 Å². The minimum atomic E-state index is -4.86. The quantitative estimate of drug-likeness (QED) is 0.487.